The number of rotatable bonds is 10. The van der Waals surface area contributed by atoms with Crippen molar-refractivity contribution in [3.05, 3.63) is 29.3 Å². The van der Waals surface area contributed by atoms with Crippen molar-refractivity contribution in [2.24, 2.45) is 0 Å². The highest BCUT2D eigenvalue weighted by Gasteiger charge is 2.30. The van der Waals surface area contributed by atoms with Crippen molar-refractivity contribution in [3.8, 4) is 0 Å². The van der Waals surface area contributed by atoms with Crippen LogP contribution in [0.25, 0.3) is 0 Å². The number of unbranched alkanes of at least 4 members (excludes halogenated alkanes) is 5. The smallest absolute Gasteiger partial charge is 0.287 e. The third-order valence-corrected chi connectivity index (χ3v) is 9.00. The molecule has 0 saturated carbocycles. The van der Waals surface area contributed by atoms with Crippen molar-refractivity contribution in [2.45, 2.75) is 83.3 Å². The van der Waals surface area contributed by atoms with Crippen molar-refractivity contribution in [2.75, 3.05) is 0 Å². The molecule has 0 saturated heterocycles. The first kappa shape index (κ1) is 20.4. The lowest BCUT2D eigenvalue weighted by Gasteiger charge is -2.22. The highest BCUT2D eigenvalue weighted by atomic mass is 32.2. The molecule has 23 heavy (non-hydrogen) atoms. The molecule has 0 aromatic heterocycles. The van der Waals surface area contributed by atoms with Crippen LogP contribution in [0.5, 0.6) is 0 Å². The molecule has 0 radical (unpaired) electrons. The number of hydrogen-bond donors (Lipinski definition) is 0. The van der Waals surface area contributed by atoms with Gasteiger partial charge in [0.05, 0.1) is 4.90 Å². The van der Waals surface area contributed by atoms with Gasteiger partial charge in [-0.3, -0.25) is 0 Å². The van der Waals surface area contributed by atoms with Crippen molar-refractivity contribution in [1.29, 1.82) is 0 Å². The molecule has 0 spiro atoms. The number of aryl methyl sites for hydroxylation is 2. The van der Waals surface area contributed by atoms with E-state index in [0.717, 1.165) is 23.6 Å². The van der Waals surface area contributed by atoms with Gasteiger partial charge in [-0.2, -0.15) is 8.42 Å². The largest absolute Gasteiger partial charge is 0.312 e. The van der Waals surface area contributed by atoms with Gasteiger partial charge in [0.25, 0.3) is 10.1 Å². The van der Waals surface area contributed by atoms with E-state index in [-0.39, 0.29) is 0 Å². The molecule has 0 heterocycles. The molecule has 0 aliphatic heterocycles. The highest BCUT2D eigenvalue weighted by Crippen LogP contribution is 2.24. The van der Waals surface area contributed by atoms with Gasteiger partial charge >= 0.3 is 0 Å². The Morgan fingerprint density at radius 3 is 2.00 bits per heavy atom. The molecule has 3 nitrogen and oxygen atoms in total. The van der Waals surface area contributed by atoms with Gasteiger partial charge < -0.3 is 3.87 Å². The van der Waals surface area contributed by atoms with Crippen molar-refractivity contribution < 1.29 is 12.3 Å². The average Bonchev–Trinajstić information content (AvgIpc) is 2.40. The molecule has 0 atom stereocenters. The molecule has 1 aromatic rings. The van der Waals surface area contributed by atoms with Gasteiger partial charge in [0.1, 0.15) is 0 Å². The molecular formula is C18H32O3SSi. The summed E-state index contributed by atoms with van der Waals surface area (Å²) >= 11 is 0. The van der Waals surface area contributed by atoms with E-state index >= 15 is 0 Å². The normalized spacial score (nSPS) is 12.6. The minimum atomic E-state index is -3.65. The van der Waals surface area contributed by atoms with E-state index in [1.807, 2.05) is 33.0 Å². The summed E-state index contributed by atoms with van der Waals surface area (Å²) in [7, 11) is -5.87. The fourth-order valence-corrected chi connectivity index (χ4v) is 7.65. The summed E-state index contributed by atoms with van der Waals surface area (Å²) in [6.45, 7) is 10.0. The third kappa shape index (κ3) is 7.64. The van der Waals surface area contributed by atoms with Crippen molar-refractivity contribution in [1.82, 2.24) is 0 Å². The third-order valence-electron chi connectivity index (χ3n) is 3.95. The molecule has 0 bridgehead atoms. The molecular weight excluding hydrogens is 324 g/mol. The summed E-state index contributed by atoms with van der Waals surface area (Å²) in [5.41, 5.74) is 1.89. The Bertz CT molecular complexity index is 574. The van der Waals surface area contributed by atoms with Crippen LogP contribution in [-0.2, 0) is 14.0 Å². The first-order valence-corrected chi connectivity index (χ1v) is 13.2. The van der Waals surface area contributed by atoms with Crippen LogP contribution >= 0.6 is 0 Å². The Hall–Kier alpha value is -0.653. The van der Waals surface area contributed by atoms with Gasteiger partial charge in [-0.05, 0) is 56.2 Å². The van der Waals surface area contributed by atoms with Crippen LogP contribution in [0.15, 0.2) is 23.1 Å². The monoisotopic (exact) mass is 356 g/mol. The zero-order chi connectivity index (χ0) is 17.5. The van der Waals surface area contributed by atoms with Gasteiger partial charge in [-0.1, -0.05) is 51.5 Å². The summed E-state index contributed by atoms with van der Waals surface area (Å²) < 4.78 is 30.7. The second kappa shape index (κ2) is 8.99. The zero-order valence-corrected chi connectivity index (χ0v) is 17.1. The maximum atomic E-state index is 12.5. The topological polar surface area (TPSA) is 43.4 Å². The van der Waals surface area contributed by atoms with Gasteiger partial charge in [-0.25, -0.2) is 0 Å². The zero-order valence-electron chi connectivity index (χ0n) is 15.3. The number of hydrogen-bond acceptors (Lipinski definition) is 3. The summed E-state index contributed by atoms with van der Waals surface area (Å²) in [5.74, 6) is 0. The molecule has 0 unspecified atom stereocenters. The van der Waals surface area contributed by atoms with Crippen LogP contribution in [0.1, 0.15) is 56.6 Å². The van der Waals surface area contributed by atoms with Gasteiger partial charge in [0.2, 0.25) is 8.32 Å². The molecule has 0 fully saturated rings. The van der Waals surface area contributed by atoms with Crippen LogP contribution in [0.3, 0.4) is 0 Å². The first-order chi connectivity index (χ1) is 10.7. The molecule has 1 aromatic carbocycles. The fourth-order valence-electron chi connectivity index (χ4n) is 2.80. The van der Waals surface area contributed by atoms with Crippen LogP contribution in [-0.4, -0.2) is 16.7 Å². The summed E-state index contributed by atoms with van der Waals surface area (Å²) in [4.78, 5) is 0.290. The Kier molecular flexibility index (Phi) is 7.97. The van der Waals surface area contributed by atoms with E-state index in [4.69, 9.17) is 3.87 Å². The second-order valence-electron chi connectivity index (χ2n) is 7.14. The van der Waals surface area contributed by atoms with Crippen LogP contribution < -0.4 is 0 Å². The molecule has 5 heteroatoms. The van der Waals surface area contributed by atoms with Crippen molar-refractivity contribution >= 4 is 18.4 Å². The van der Waals surface area contributed by atoms with Crippen LogP contribution in [0.4, 0.5) is 0 Å². The van der Waals surface area contributed by atoms with Gasteiger partial charge in [-0.15, -0.1) is 0 Å². The van der Waals surface area contributed by atoms with Gasteiger partial charge in [0.15, 0.2) is 0 Å². The van der Waals surface area contributed by atoms with Gasteiger partial charge in [0, 0.05) is 0 Å². The minimum absolute atomic E-state index is 0.290. The van der Waals surface area contributed by atoms with Crippen molar-refractivity contribution in [3.63, 3.8) is 0 Å². The standard InChI is InChI=1S/C18H32O3SSi/c1-6-7-8-9-10-11-12-23(4,5)21-22(19,20)18-14-16(2)13-17(3)15-18/h13-15H,6-12H2,1-5H3. The number of benzene rings is 1. The molecule has 0 N–H and O–H groups in total. The Morgan fingerprint density at radius 2 is 1.43 bits per heavy atom. The first-order valence-electron chi connectivity index (χ1n) is 8.70. The lowest BCUT2D eigenvalue weighted by atomic mass is 10.1. The summed E-state index contributed by atoms with van der Waals surface area (Å²) in [5, 5.41) is 0. The van der Waals surface area contributed by atoms with E-state index < -0.39 is 18.4 Å². The minimum Gasteiger partial charge on any atom is -0.312 e. The summed E-state index contributed by atoms with van der Waals surface area (Å²) in [6.07, 6.45) is 7.28. The van der Waals surface area contributed by atoms with E-state index in [2.05, 4.69) is 6.92 Å². The summed E-state index contributed by atoms with van der Waals surface area (Å²) in [6, 6.07) is 6.25. The lowest BCUT2D eigenvalue weighted by molar-refractivity contribution is 0.478. The SMILES string of the molecule is CCCCCCCC[Si](C)(C)OS(=O)(=O)c1cc(C)cc(C)c1. The van der Waals surface area contributed by atoms with E-state index in [1.165, 1.54) is 32.1 Å². The fraction of sp³-hybridized carbons (Fsp3) is 0.667. The maximum absolute atomic E-state index is 12.5. The Labute approximate surface area is 143 Å². The predicted octanol–water partition coefficient (Wildman–Crippen LogP) is 5.57. The van der Waals surface area contributed by atoms with E-state index in [0.29, 0.717) is 4.90 Å². The van der Waals surface area contributed by atoms with E-state index in [1.54, 1.807) is 12.1 Å². The second-order valence-corrected chi connectivity index (χ2v) is 13.2. The Morgan fingerprint density at radius 1 is 0.913 bits per heavy atom. The highest BCUT2D eigenvalue weighted by molar-refractivity contribution is 7.87. The quantitative estimate of drug-likeness (QED) is 0.406. The van der Waals surface area contributed by atoms with Crippen LogP contribution in [0, 0.1) is 13.8 Å². The van der Waals surface area contributed by atoms with E-state index in [9.17, 15) is 8.42 Å². The van der Waals surface area contributed by atoms with Crippen LogP contribution in [0.2, 0.25) is 19.1 Å². The lowest BCUT2D eigenvalue weighted by Crippen LogP contribution is -2.33. The molecule has 0 aliphatic rings. The predicted molar refractivity (Wildman–Crippen MR) is 99.9 cm³/mol. The molecule has 0 aliphatic carbocycles. The molecule has 0 amide bonds. The molecule has 132 valence electrons. The molecule has 1 rings (SSSR count). The maximum Gasteiger partial charge on any atom is 0.287 e. The average molecular weight is 357 g/mol. The Balaban J connectivity index is 2.60.